The van der Waals surface area contributed by atoms with Crippen LogP contribution in [0, 0.1) is 5.41 Å². The van der Waals surface area contributed by atoms with E-state index >= 15 is 0 Å². The predicted octanol–water partition coefficient (Wildman–Crippen LogP) is 5.08. The van der Waals surface area contributed by atoms with E-state index in [4.69, 9.17) is 14.7 Å². The van der Waals surface area contributed by atoms with Gasteiger partial charge < -0.3 is 20.3 Å². The molecule has 1 fully saturated rings. The number of likely N-dealkylation sites (N-methyl/N-ethyl adjacent to an activating group) is 1. The summed E-state index contributed by atoms with van der Waals surface area (Å²) < 4.78 is 5.78. The van der Waals surface area contributed by atoms with Crippen LogP contribution in [0.4, 0.5) is 16.3 Å². The zero-order chi connectivity index (χ0) is 26.4. The number of rotatable bonds is 8. The Labute approximate surface area is 222 Å². The van der Waals surface area contributed by atoms with Gasteiger partial charge in [-0.1, -0.05) is 34.6 Å². The topological polar surface area (TPSA) is 82.6 Å². The third kappa shape index (κ3) is 7.20. The van der Waals surface area contributed by atoms with E-state index in [1.54, 1.807) is 0 Å². The average molecular weight is 509 g/mol. The largest absolute Gasteiger partial charge is 0.377 e. The molecule has 0 aliphatic carbocycles. The van der Waals surface area contributed by atoms with Crippen molar-refractivity contribution in [1.82, 2.24) is 20.2 Å². The normalized spacial score (nSPS) is 18.4. The molecule has 0 spiro atoms. The van der Waals surface area contributed by atoms with Gasteiger partial charge in [0.15, 0.2) is 5.82 Å². The highest BCUT2D eigenvalue weighted by Gasteiger charge is 2.29. The number of carbonyl (C=O) groups is 1. The van der Waals surface area contributed by atoms with Crippen molar-refractivity contribution in [2.45, 2.75) is 72.9 Å². The van der Waals surface area contributed by atoms with Gasteiger partial charge in [0.2, 0.25) is 0 Å². The lowest BCUT2D eigenvalue weighted by molar-refractivity contribution is 0.0923. The molecular weight excluding hydrogens is 464 g/mol. The van der Waals surface area contributed by atoms with Gasteiger partial charge in [0.25, 0.3) is 0 Å². The van der Waals surface area contributed by atoms with Crippen molar-refractivity contribution in [3.05, 3.63) is 35.5 Å². The number of urea groups is 1. The van der Waals surface area contributed by atoms with Crippen molar-refractivity contribution in [3.63, 3.8) is 0 Å². The van der Waals surface area contributed by atoms with Crippen molar-refractivity contribution in [2.75, 3.05) is 49.6 Å². The molecule has 1 atom stereocenters. The highest BCUT2D eigenvalue weighted by molar-refractivity contribution is 5.89. The van der Waals surface area contributed by atoms with E-state index in [1.807, 2.05) is 24.3 Å². The van der Waals surface area contributed by atoms with Crippen LogP contribution in [0.15, 0.2) is 24.3 Å². The minimum atomic E-state index is -0.174. The van der Waals surface area contributed by atoms with Crippen LogP contribution in [0.3, 0.4) is 0 Å². The number of nitrogens with one attached hydrogen (secondary N) is 2. The van der Waals surface area contributed by atoms with Gasteiger partial charge in [-0.25, -0.2) is 14.8 Å². The van der Waals surface area contributed by atoms with E-state index in [9.17, 15) is 4.79 Å². The Kier molecular flexibility index (Phi) is 9.03. The monoisotopic (exact) mass is 508 g/mol. The first-order chi connectivity index (χ1) is 17.8. The number of hydrogen-bond donors (Lipinski definition) is 2. The fourth-order valence-electron chi connectivity index (χ4n) is 5.07. The maximum Gasteiger partial charge on any atom is 0.319 e. The summed E-state index contributed by atoms with van der Waals surface area (Å²) in [7, 11) is 0. The Morgan fingerprint density at radius 3 is 2.62 bits per heavy atom. The number of morpholine rings is 1. The molecule has 3 heterocycles. The lowest BCUT2D eigenvalue weighted by atomic mass is 9.91. The maximum absolute atomic E-state index is 12.3. The number of carbonyl (C=O) groups excluding carboxylic acids is 1. The first kappa shape index (κ1) is 27.3. The van der Waals surface area contributed by atoms with Crippen LogP contribution in [0.1, 0.15) is 65.1 Å². The third-order valence-corrected chi connectivity index (χ3v) is 7.33. The molecule has 1 unspecified atom stereocenters. The minimum Gasteiger partial charge on any atom is -0.377 e. The van der Waals surface area contributed by atoms with Gasteiger partial charge in [0, 0.05) is 43.0 Å². The number of benzene rings is 1. The molecule has 0 radical (unpaired) electrons. The molecular formula is C29H44N6O2. The second kappa shape index (κ2) is 12.2. The SMILES string of the molecule is CCC1COCCN1c1nc(-c2ccc(NC(=O)NCCCC(C)(C)C)cc2)nc2c1CCN(CC)C2. The maximum atomic E-state index is 12.3. The zero-order valence-electron chi connectivity index (χ0n) is 23.3. The Morgan fingerprint density at radius 1 is 1.14 bits per heavy atom. The molecule has 0 saturated carbocycles. The van der Waals surface area contributed by atoms with Crippen molar-refractivity contribution >= 4 is 17.5 Å². The van der Waals surface area contributed by atoms with Gasteiger partial charge in [-0.3, -0.25) is 4.90 Å². The molecule has 1 aromatic heterocycles. The van der Waals surface area contributed by atoms with Crippen molar-refractivity contribution < 1.29 is 9.53 Å². The summed E-state index contributed by atoms with van der Waals surface area (Å²) in [5.74, 6) is 1.81. The molecule has 0 bridgehead atoms. The average Bonchev–Trinajstić information content (AvgIpc) is 2.90. The van der Waals surface area contributed by atoms with E-state index < -0.39 is 0 Å². The molecule has 202 valence electrons. The van der Waals surface area contributed by atoms with Crippen molar-refractivity contribution in [2.24, 2.45) is 5.41 Å². The fraction of sp³-hybridized carbons (Fsp3) is 0.621. The summed E-state index contributed by atoms with van der Waals surface area (Å²) in [6.45, 7) is 17.0. The number of aromatic nitrogens is 2. The van der Waals surface area contributed by atoms with Crippen LogP contribution < -0.4 is 15.5 Å². The second-order valence-electron chi connectivity index (χ2n) is 11.4. The molecule has 2 aliphatic rings. The van der Waals surface area contributed by atoms with Crippen LogP contribution in [-0.2, 0) is 17.7 Å². The number of nitrogens with zero attached hydrogens (tertiary/aromatic N) is 4. The van der Waals surface area contributed by atoms with Crippen LogP contribution in [-0.4, -0.2) is 66.3 Å². The summed E-state index contributed by atoms with van der Waals surface area (Å²) in [6, 6.07) is 8.00. The Hall–Kier alpha value is -2.71. The van der Waals surface area contributed by atoms with E-state index in [0.29, 0.717) is 12.6 Å². The zero-order valence-corrected chi connectivity index (χ0v) is 23.3. The standard InChI is InChI=1S/C29H44N6O2/c1-6-23-20-37-18-17-35(23)27-24-13-16-34(7-2)19-25(24)32-26(33-27)21-9-11-22(12-10-21)31-28(36)30-15-8-14-29(3,4)5/h9-12,23H,6-8,13-20H2,1-5H3,(H2,30,31,36). The minimum absolute atomic E-state index is 0.174. The fourth-order valence-corrected chi connectivity index (χ4v) is 5.07. The molecule has 1 saturated heterocycles. The molecule has 2 N–H and O–H groups in total. The van der Waals surface area contributed by atoms with E-state index in [2.05, 4.69) is 55.1 Å². The summed E-state index contributed by atoms with van der Waals surface area (Å²) in [5.41, 5.74) is 4.41. The highest BCUT2D eigenvalue weighted by Crippen LogP contribution is 2.32. The molecule has 8 heteroatoms. The van der Waals surface area contributed by atoms with Gasteiger partial charge in [0.05, 0.1) is 24.9 Å². The van der Waals surface area contributed by atoms with E-state index in [-0.39, 0.29) is 11.4 Å². The Balaban J connectivity index is 1.51. The lowest BCUT2D eigenvalue weighted by Gasteiger charge is -2.39. The summed E-state index contributed by atoms with van der Waals surface area (Å²) in [5, 5.41) is 5.89. The van der Waals surface area contributed by atoms with E-state index in [1.165, 1.54) is 5.56 Å². The molecule has 2 aromatic rings. The van der Waals surface area contributed by atoms with Crippen LogP contribution >= 0.6 is 0 Å². The van der Waals surface area contributed by atoms with Crippen molar-refractivity contribution in [3.8, 4) is 11.4 Å². The van der Waals surface area contributed by atoms with Gasteiger partial charge in [-0.2, -0.15) is 0 Å². The van der Waals surface area contributed by atoms with E-state index in [0.717, 1.165) is 93.7 Å². The first-order valence-electron chi connectivity index (χ1n) is 13.9. The van der Waals surface area contributed by atoms with Gasteiger partial charge in [0.1, 0.15) is 5.82 Å². The van der Waals surface area contributed by atoms with Gasteiger partial charge in [-0.05, 0) is 61.9 Å². The molecule has 1 aromatic carbocycles. The number of amides is 2. The Morgan fingerprint density at radius 2 is 1.92 bits per heavy atom. The molecule has 2 aliphatic heterocycles. The number of fused-ring (bicyclic) bond motifs is 1. The third-order valence-electron chi connectivity index (χ3n) is 7.33. The molecule has 2 amide bonds. The van der Waals surface area contributed by atoms with Crippen LogP contribution in [0.25, 0.3) is 11.4 Å². The smallest absolute Gasteiger partial charge is 0.319 e. The summed E-state index contributed by atoms with van der Waals surface area (Å²) in [4.78, 5) is 27.4. The second-order valence-corrected chi connectivity index (χ2v) is 11.4. The molecule has 8 nitrogen and oxygen atoms in total. The molecule has 4 rings (SSSR count). The quantitative estimate of drug-likeness (QED) is 0.484. The number of hydrogen-bond acceptors (Lipinski definition) is 6. The highest BCUT2D eigenvalue weighted by atomic mass is 16.5. The number of anilines is 2. The first-order valence-corrected chi connectivity index (χ1v) is 13.9. The molecule has 37 heavy (non-hydrogen) atoms. The number of ether oxygens (including phenoxy) is 1. The van der Waals surface area contributed by atoms with Gasteiger partial charge in [-0.15, -0.1) is 0 Å². The van der Waals surface area contributed by atoms with Crippen LogP contribution in [0.5, 0.6) is 0 Å². The van der Waals surface area contributed by atoms with Crippen LogP contribution in [0.2, 0.25) is 0 Å². The Bertz CT molecular complexity index is 1050. The lowest BCUT2D eigenvalue weighted by Crippen LogP contribution is -2.46. The summed E-state index contributed by atoms with van der Waals surface area (Å²) in [6.07, 6.45) is 4.03. The van der Waals surface area contributed by atoms with Gasteiger partial charge >= 0.3 is 6.03 Å². The predicted molar refractivity (Wildman–Crippen MR) is 150 cm³/mol. The van der Waals surface area contributed by atoms with Crippen molar-refractivity contribution in [1.29, 1.82) is 0 Å². The summed E-state index contributed by atoms with van der Waals surface area (Å²) >= 11 is 0.